The molecule has 1 unspecified atom stereocenters. The lowest BCUT2D eigenvalue weighted by atomic mass is 10.00. The topological polar surface area (TPSA) is 43.1 Å². The van der Waals surface area contributed by atoms with Crippen molar-refractivity contribution in [2.45, 2.75) is 20.3 Å². The molecule has 0 aliphatic heterocycles. The molecule has 1 amide bonds. The molecule has 0 spiro atoms. The summed E-state index contributed by atoms with van der Waals surface area (Å²) in [5.41, 5.74) is 5.50. The maximum Gasteiger partial charge on any atom is 0.244 e. The first-order valence-corrected chi connectivity index (χ1v) is 3.08. The monoisotopic (exact) mass is 127 g/mol. The van der Waals surface area contributed by atoms with Gasteiger partial charge in [-0.15, -0.1) is 0 Å². The Labute approximate surface area is 55.7 Å². The van der Waals surface area contributed by atoms with Crippen molar-refractivity contribution in [3.8, 4) is 0 Å². The third-order valence-electron chi connectivity index (χ3n) is 1.52. The van der Waals surface area contributed by atoms with E-state index in [9.17, 15) is 4.79 Å². The predicted molar refractivity (Wildman–Crippen MR) is 37.8 cm³/mol. The van der Waals surface area contributed by atoms with E-state index < -0.39 is 0 Å². The molecule has 0 aliphatic carbocycles. The van der Waals surface area contributed by atoms with Crippen molar-refractivity contribution in [2.24, 2.45) is 11.7 Å². The summed E-state index contributed by atoms with van der Waals surface area (Å²) >= 11 is 0. The van der Waals surface area contributed by atoms with Crippen molar-refractivity contribution >= 4 is 5.91 Å². The summed E-state index contributed by atoms with van der Waals surface area (Å²) in [6, 6.07) is 0. The Morgan fingerprint density at radius 1 is 1.78 bits per heavy atom. The average Bonchev–Trinajstić information content (AvgIpc) is 1.84. The Morgan fingerprint density at radius 3 is 2.33 bits per heavy atom. The minimum absolute atomic E-state index is 0.225. The fourth-order valence-corrected chi connectivity index (χ4v) is 0.489. The van der Waals surface area contributed by atoms with Crippen molar-refractivity contribution < 1.29 is 4.79 Å². The molecule has 0 saturated carbocycles. The molecular weight excluding hydrogens is 114 g/mol. The second-order valence-electron chi connectivity index (χ2n) is 2.20. The van der Waals surface area contributed by atoms with Gasteiger partial charge in [0.2, 0.25) is 5.91 Å². The van der Waals surface area contributed by atoms with Crippen molar-refractivity contribution in [3.05, 3.63) is 12.2 Å². The van der Waals surface area contributed by atoms with Crippen LogP contribution in [-0.2, 0) is 4.79 Å². The van der Waals surface area contributed by atoms with Crippen molar-refractivity contribution in [1.29, 1.82) is 0 Å². The van der Waals surface area contributed by atoms with Crippen LogP contribution in [0.1, 0.15) is 20.3 Å². The van der Waals surface area contributed by atoms with Gasteiger partial charge in [0.1, 0.15) is 0 Å². The summed E-state index contributed by atoms with van der Waals surface area (Å²) in [7, 11) is 0. The van der Waals surface area contributed by atoms with Crippen LogP contribution in [0, 0.1) is 5.92 Å². The largest absolute Gasteiger partial charge is 0.366 e. The first-order chi connectivity index (χ1) is 4.09. The minimum Gasteiger partial charge on any atom is -0.366 e. The second kappa shape index (κ2) is 3.28. The zero-order valence-electron chi connectivity index (χ0n) is 5.98. The highest BCUT2D eigenvalue weighted by molar-refractivity contribution is 5.91. The van der Waals surface area contributed by atoms with Crippen LogP contribution in [0.25, 0.3) is 0 Å². The molecule has 9 heavy (non-hydrogen) atoms. The Balaban J connectivity index is 3.88. The van der Waals surface area contributed by atoms with E-state index in [0.717, 1.165) is 6.42 Å². The molecule has 2 N–H and O–H groups in total. The number of carbonyl (C=O) groups excluding carboxylic acids is 1. The van der Waals surface area contributed by atoms with E-state index in [-0.39, 0.29) is 11.8 Å². The zero-order valence-corrected chi connectivity index (χ0v) is 5.98. The van der Waals surface area contributed by atoms with Crippen molar-refractivity contribution in [1.82, 2.24) is 0 Å². The molecule has 0 aliphatic rings. The van der Waals surface area contributed by atoms with Crippen LogP contribution in [-0.4, -0.2) is 5.91 Å². The SMILES string of the molecule is C=C(C(N)=O)C(C)CC. The maximum atomic E-state index is 10.4. The van der Waals surface area contributed by atoms with Crippen LogP contribution in [0.15, 0.2) is 12.2 Å². The number of amides is 1. The van der Waals surface area contributed by atoms with Gasteiger partial charge in [-0.05, 0) is 12.3 Å². The summed E-state index contributed by atoms with van der Waals surface area (Å²) in [5.74, 6) is -0.160. The molecule has 0 radical (unpaired) electrons. The summed E-state index contributed by atoms with van der Waals surface area (Å²) in [6.45, 7) is 7.49. The fraction of sp³-hybridized carbons (Fsp3) is 0.571. The van der Waals surface area contributed by atoms with Gasteiger partial charge in [0.25, 0.3) is 0 Å². The van der Waals surface area contributed by atoms with Crippen LogP contribution in [0.3, 0.4) is 0 Å². The normalized spacial score (nSPS) is 12.7. The van der Waals surface area contributed by atoms with Gasteiger partial charge < -0.3 is 5.73 Å². The van der Waals surface area contributed by atoms with E-state index in [1.165, 1.54) is 0 Å². The van der Waals surface area contributed by atoms with Gasteiger partial charge in [-0.3, -0.25) is 4.79 Å². The van der Waals surface area contributed by atoms with Gasteiger partial charge in [-0.1, -0.05) is 20.4 Å². The van der Waals surface area contributed by atoms with Gasteiger partial charge in [-0.2, -0.15) is 0 Å². The van der Waals surface area contributed by atoms with Crippen LogP contribution >= 0.6 is 0 Å². The Hall–Kier alpha value is -0.790. The van der Waals surface area contributed by atoms with Gasteiger partial charge in [0.15, 0.2) is 0 Å². The molecule has 0 bridgehead atoms. The van der Waals surface area contributed by atoms with Crippen LogP contribution in [0.4, 0.5) is 0 Å². The lowest BCUT2D eigenvalue weighted by Gasteiger charge is -2.06. The Kier molecular flexibility index (Phi) is 2.99. The highest BCUT2D eigenvalue weighted by Gasteiger charge is 2.07. The van der Waals surface area contributed by atoms with E-state index in [0.29, 0.717) is 5.57 Å². The summed E-state index contributed by atoms with van der Waals surface area (Å²) in [6.07, 6.45) is 0.918. The molecule has 0 heterocycles. The van der Waals surface area contributed by atoms with Crippen molar-refractivity contribution in [3.63, 3.8) is 0 Å². The quantitative estimate of drug-likeness (QED) is 0.566. The molecule has 0 aromatic rings. The molecule has 0 aromatic carbocycles. The highest BCUT2D eigenvalue weighted by Crippen LogP contribution is 2.10. The first kappa shape index (κ1) is 8.21. The van der Waals surface area contributed by atoms with Crippen LogP contribution < -0.4 is 5.73 Å². The van der Waals surface area contributed by atoms with Gasteiger partial charge in [0.05, 0.1) is 0 Å². The number of carbonyl (C=O) groups is 1. The average molecular weight is 127 g/mol. The van der Waals surface area contributed by atoms with Gasteiger partial charge >= 0.3 is 0 Å². The van der Waals surface area contributed by atoms with E-state index in [2.05, 4.69) is 6.58 Å². The molecule has 0 rings (SSSR count). The summed E-state index contributed by atoms with van der Waals surface area (Å²) in [5, 5.41) is 0. The van der Waals surface area contributed by atoms with Crippen LogP contribution in [0.2, 0.25) is 0 Å². The van der Waals surface area contributed by atoms with E-state index in [4.69, 9.17) is 5.73 Å². The molecule has 0 aromatic heterocycles. The van der Waals surface area contributed by atoms with Crippen LogP contribution in [0.5, 0.6) is 0 Å². The second-order valence-corrected chi connectivity index (χ2v) is 2.20. The molecule has 2 heteroatoms. The van der Waals surface area contributed by atoms with E-state index >= 15 is 0 Å². The molecule has 52 valence electrons. The maximum absolute atomic E-state index is 10.4. The Bertz CT molecular complexity index is 129. The lowest BCUT2D eigenvalue weighted by Crippen LogP contribution is -2.17. The van der Waals surface area contributed by atoms with Gasteiger partial charge in [-0.25, -0.2) is 0 Å². The number of nitrogens with two attached hydrogens (primary N) is 1. The standard InChI is InChI=1S/C7H13NO/c1-4-5(2)6(3)7(8)9/h5H,3-4H2,1-2H3,(H2,8,9). The number of hydrogen-bond acceptors (Lipinski definition) is 1. The zero-order chi connectivity index (χ0) is 7.44. The number of primary amides is 1. The predicted octanol–water partition coefficient (Wildman–Crippen LogP) is 1.07. The molecular formula is C7H13NO. The molecule has 2 nitrogen and oxygen atoms in total. The van der Waals surface area contributed by atoms with Gasteiger partial charge in [0, 0.05) is 5.57 Å². The van der Waals surface area contributed by atoms with E-state index in [1.807, 2.05) is 13.8 Å². The lowest BCUT2D eigenvalue weighted by molar-refractivity contribution is -0.115. The van der Waals surface area contributed by atoms with Crippen molar-refractivity contribution in [2.75, 3.05) is 0 Å². The fourth-order valence-electron chi connectivity index (χ4n) is 0.489. The molecule has 1 atom stereocenters. The molecule has 0 saturated heterocycles. The number of hydrogen-bond donors (Lipinski definition) is 1. The number of rotatable bonds is 3. The third-order valence-corrected chi connectivity index (χ3v) is 1.52. The first-order valence-electron chi connectivity index (χ1n) is 3.08. The smallest absolute Gasteiger partial charge is 0.244 e. The highest BCUT2D eigenvalue weighted by atomic mass is 16.1. The minimum atomic E-state index is -0.385. The Morgan fingerprint density at radius 2 is 2.22 bits per heavy atom. The summed E-state index contributed by atoms with van der Waals surface area (Å²) < 4.78 is 0. The third kappa shape index (κ3) is 2.31. The summed E-state index contributed by atoms with van der Waals surface area (Å²) in [4.78, 5) is 10.4. The van der Waals surface area contributed by atoms with E-state index in [1.54, 1.807) is 0 Å². The molecule has 0 fully saturated rings.